The molecule has 1 N–H and O–H groups in total. The average Bonchev–Trinajstić information content (AvgIpc) is 2.28. The summed E-state index contributed by atoms with van der Waals surface area (Å²) in [7, 11) is 0. The minimum Gasteiger partial charge on any atom is -0.450 e. The van der Waals surface area contributed by atoms with Crippen LogP contribution in [-0.4, -0.2) is 17.9 Å². The fourth-order valence-corrected chi connectivity index (χ4v) is 2.15. The van der Waals surface area contributed by atoms with Gasteiger partial charge in [-0.3, -0.25) is 0 Å². The highest BCUT2D eigenvalue weighted by Crippen LogP contribution is 2.22. The van der Waals surface area contributed by atoms with Crippen molar-refractivity contribution in [3.05, 3.63) is 0 Å². The van der Waals surface area contributed by atoms with Crippen LogP contribution in [0.5, 0.6) is 0 Å². The molecule has 0 spiro atoms. The van der Waals surface area contributed by atoms with Gasteiger partial charge in [-0.15, -0.1) is 0 Å². The zero-order valence-corrected chi connectivity index (χ0v) is 13.0. The lowest BCUT2D eigenvalue weighted by Crippen LogP contribution is -2.03. The fraction of sp³-hybridized carbons (Fsp3) is 0.938. The van der Waals surface area contributed by atoms with E-state index in [1.54, 1.807) is 0 Å². The first kappa shape index (κ1) is 18.3. The highest BCUT2D eigenvalue weighted by molar-refractivity contribution is 5.56. The van der Waals surface area contributed by atoms with Gasteiger partial charge in [-0.25, -0.2) is 4.79 Å². The normalized spacial score (nSPS) is 11.5. The number of hydrogen-bond acceptors (Lipinski definition) is 2. The molecule has 3 nitrogen and oxygen atoms in total. The molecule has 0 aliphatic heterocycles. The first-order valence-electron chi connectivity index (χ1n) is 7.77. The van der Waals surface area contributed by atoms with Crippen molar-refractivity contribution in [2.45, 2.75) is 85.0 Å². The van der Waals surface area contributed by atoms with Crippen LogP contribution in [0.3, 0.4) is 0 Å². The van der Waals surface area contributed by atoms with Crippen molar-refractivity contribution >= 4 is 6.16 Å². The van der Waals surface area contributed by atoms with Gasteiger partial charge in [-0.2, -0.15) is 0 Å². The molecule has 0 saturated carbocycles. The second-order valence-corrected chi connectivity index (χ2v) is 6.61. The van der Waals surface area contributed by atoms with Crippen LogP contribution in [0.15, 0.2) is 0 Å². The Kier molecular flexibility index (Phi) is 10.7. The minimum atomic E-state index is -1.16. The van der Waals surface area contributed by atoms with Crippen molar-refractivity contribution in [2.24, 2.45) is 5.41 Å². The molecule has 0 saturated heterocycles. The van der Waals surface area contributed by atoms with E-state index < -0.39 is 6.16 Å². The summed E-state index contributed by atoms with van der Waals surface area (Å²) in [6.45, 7) is 7.27. The van der Waals surface area contributed by atoms with Gasteiger partial charge in [0.15, 0.2) is 0 Å². The van der Waals surface area contributed by atoms with Gasteiger partial charge < -0.3 is 9.84 Å². The minimum absolute atomic E-state index is 0.349. The van der Waals surface area contributed by atoms with E-state index in [4.69, 9.17) is 5.11 Å². The van der Waals surface area contributed by atoms with E-state index in [1.165, 1.54) is 51.4 Å². The maximum atomic E-state index is 10.1. The molecule has 0 aromatic rings. The highest BCUT2D eigenvalue weighted by Gasteiger charge is 2.08. The third-order valence-corrected chi connectivity index (χ3v) is 3.30. The molecule has 0 unspecified atom stereocenters. The van der Waals surface area contributed by atoms with E-state index in [1.807, 2.05) is 0 Å². The lowest BCUT2D eigenvalue weighted by Gasteiger charge is -2.17. The molecule has 3 heteroatoms. The molecular weight excluding hydrogens is 240 g/mol. The monoisotopic (exact) mass is 272 g/mol. The molecule has 0 fully saturated rings. The molecule has 0 aliphatic carbocycles. The molecule has 0 bridgehead atoms. The van der Waals surface area contributed by atoms with Gasteiger partial charge in [0.05, 0.1) is 6.61 Å². The molecule has 0 amide bonds. The van der Waals surface area contributed by atoms with E-state index in [0.717, 1.165) is 12.8 Å². The Balaban J connectivity index is 3.05. The van der Waals surface area contributed by atoms with Gasteiger partial charge in [0, 0.05) is 0 Å². The predicted octanol–water partition coefficient (Wildman–Crippen LogP) is 5.63. The number of hydrogen-bond donors (Lipinski definition) is 1. The molecule has 0 heterocycles. The second-order valence-electron chi connectivity index (χ2n) is 6.61. The molecule has 114 valence electrons. The summed E-state index contributed by atoms with van der Waals surface area (Å²) >= 11 is 0. The standard InChI is InChI=1S/C16H32O3/c1-16(2,3)13-11-9-7-5-4-6-8-10-12-14-19-15(17)18/h4-14H2,1-3H3,(H,17,18). The SMILES string of the molecule is CC(C)(C)CCCCCCCCCCCOC(=O)O. The van der Waals surface area contributed by atoms with E-state index in [9.17, 15) is 4.79 Å². The Hall–Kier alpha value is -0.730. The van der Waals surface area contributed by atoms with Crippen LogP contribution in [0.4, 0.5) is 4.79 Å². The number of rotatable bonds is 11. The van der Waals surface area contributed by atoms with Gasteiger partial charge in [0.25, 0.3) is 0 Å². The number of unbranched alkanes of at least 4 members (excludes halogenated alkanes) is 8. The third-order valence-electron chi connectivity index (χ3n) is 3.30. The average molecular weight is 272 g/mol. The predicted molar refractivity (Wildman–Crippen MR) is 79.6 cm³/mol. The van der Waals surface area contributed by atoms with E-state index in [0.29, 0.717) is 12.0 Å². The van der Waals surface area contributed by atoms with Crippen molar-refractivity contribution < 1.29 is 14.6 Å². The Bertz CT molecular complexity index is 219. The molecule has 0 aromatic carbocycles. The Morgan fingerprint density at radius 2 is 1.26 bits per heavy atom. The molecule has 19 heavy (non-hydrogen) atoms. The van der Waals surface area contributed by atoms with Crippen molar-refractivity contribution in [2.75, 3.05) is 6.61 Å². The number of carboxylic acid groups (broad SMARTS) is 1. The molecule has 0 aliphatic rings. The topological polar surface area (TPSA) is 46.5 Å². The maximum Gasteiger partial charge on any atom is 0.505 e. The van der Waals surface area contributed by atoms with Gasteiger partial charge in [-0.05, 0) is 18.3 Å². The van der Waals surface area contributed by atoms with Crippen LogP contribution >= 0.6 is 0 Å². The zero-order chi connectivity index (χ0) is 14.6. The summed E-state index contributed by atoms with van der Waals surface area (Å²) in [6.07, 6.45) is 11.3. The maximum absolute atomic E-state index is 10.1. The fourth-order valence-electron chi connectivity index (χ4n) is 2.15. The summed E-state index contributed by atoms with van der Waals surface area (Å²) in [6, 6.07) is 0. The van der Waals surface area contributed by atoms with Crippen LogP contribution < -0.4 is 0 Å². The largest absolute Gasteiger partial charge is 0.505 e. The quantitative estimate of drug-likeness (QED) is 0.392. The van der Waals surface area contributed by atoms with Gasteiger partial charge in [0.2, 0.25) is 0 Å². The van der Waals surface area contributed by atoms with Crippen molar-refractivity contribution in [3.8, 4) is 0 Å². The van der Waals surface area contributed by atoms with E-state index in [2.05, 4.69) is 25.5 Å². The van der Waals surface area contributed by atoms with Crippen molar-refractivity contribution in [3.63, 3.8) is 0 Å². The third kappa shape index (κ3) is 17.3. The van der Waals surface area contributed by atoms with Crippen molar-refractivity contribution in [1.82, 2.24) is 0 Å². The summed E-state index contributed by atoms with van der Waals surface area (Å²) < 4.78 is 4.46. The molecule has 0 atom stereocenters. The molecule has 0 rings (SSSR count). The Labute approximate surface area is 118 Å². The van der Waals surface area contributed by atoms with Crippen LogP contribution in [0.2, 0.25) is 0 Å². The summed E-state index contributed by atoms with van der Waals surface area (Å²) in [5.74, 6) is 0. The van der Waals surface area contributed by atoms with Gasteiger partial charge >= 0.3 is 6.16 Å². The van der Waals surface area contributed by atoms with E-state index in [-0.39, 0.29) is 0 Å². The summed E-state index contributed by atoms with van der Waals surface area (Å²) in [5, 5.41) is 8.28. The lowest BCUT2D eigenvalue weighted by molar-refractivity contribution is 0.0899. The summed E-state index contributed by atoms with van der Waals surface area (Å²) in [4.78, 5) is 10.1. The Morgan fingerprint density at radius 1 is 0.842 bits per heavy atom. The van der Waals surface area contributed by atoms with Crippen LogP contribution in [0.1, 0.15) is 85.0 Å². The molecule has 0 aromatic heterocycles. The summed E-state index contributed by atoms with van der Waals surface area (Å²) in [5.41, 5.74) is 0.484. The first-order valence-corrected chi connectivity index (χ1v) is 7.77. The van der Waals surface area contributed by atoms with Gasteiger partial charge in [-0.1, -0.05) is 72.1 Å². The zero-order valence-electron chi connectivity index (χ0n) is 13.0. The lowest BCUT2D eigenvalue weighted by atomic mass is 9.89. The van der Waals surface area contributed by atoms with E-state index >= 15 is 0 Å². The number of carbonyl (C=O) groups is 1. The second kappa shape index (κ2) is 11.1. The first-order chi connectivity index (χ1) is 8.92. The smallest absolute Gasteiger partial charge is 0.450 e. The van der Waals surface area contributed by atoms with Gasteiger partial charge in [0.1, 0.15) is 0 Å². The molecule has 0 radical (unpaired) electrons. The van der Waals surface area contributed by atoms with Crippen LogP contribution in [-0.2, 0) is 4.74 Å². The van der Waals surface area contributed by atoms with Crippen LogP contribution in [0.25, 0.3) is 0 Å². The molecular formula is C16H32O3. The highest BCUT2D eigenvalue weighted by atomic mass is 16.7. The number of ether oxygens (including phenoxy) is 1. The Morgan fingerprint density at radius 3 is 1.68 bits per heavy atom. The van der Waals surface area contributed by atoms with Crippen LogP contribution in [0, 0.1) is 5.41 Å². The van der Waals surface area contributed by atoms with Crippen molar-refractivity contribution in [1.29, 1.82) is 0 Å².